The molecule has 0 fully saturated rings. The van der Waals surface area contributed by atoms with Crippen LogP contribution in [-0.2, 0) is 16.0 Å². The SMILES string of the molecule is N=C(N)c1cccc(NCC(=O)NCC(=O)NCCc2ccccc2)c1. The van der Waals surface area contributed by atoms with Gasteiger partial charge in [0.05, 0.1) is 13.1 Å². The topological polar surface area (TPSA) is 120 Å². The molecule has 0 unspecified atom stereocenters. The first kappa shape index (κ1) is 19.0. The third-order valence-electron chi connectivity index (χ3n) is 3.65. The van der Waals surface area contributed by atoms with Gasteiger partial charge >= 0.3 is 0 Å². The maximum atomic E-state index is 11.8. The summed E-state index contributed by atoms with van der Waals surface area (Å²) in [7, 11) is 0. The summed E-state index contributed by atoms with van der Waals surface area (Å²) in [5.74, 6) is -0.561. The number of carbonyl (C=O) groups excluding carboxylic acids is 2. The van der Waals surface area contributed by atoms with Crippen molar-refractivity contribution in [3.05, 3.63) is 65.7 Å². The van der Waals surface area contributed by atoms with Gasteiger partial charge in [0.25, 0.3) is 0 Å². The van der Waals surface area contributed by atoms with Gasteiger partial charge < -0.3 is 21.7 Å². The summed E-state index contributed by atoms with van der Waals surface area (Å²) in [5, 5.41) is 15.7. The van der Waals surface area contributed by atoms with Crippen LogP contribution < -0.4 is 21.7 Å². The van der Waals surface area contributed by atoms with Gasteiger partial charge in [0.2, 0.25) is 11.8 Å². The fourth-order valence-corrected chi connectivity index (χ4v) is 2.27. The van der Waals surface area contributed by atoms with Gasteiger partial charge in [0, 0.05) is 17.8 Å². The van der Waals surface area contributed by atoms with Gasteiger partial charge in [-0.2, -0.15) is 0 Å². The molecule has 2 amide bonds. The van der Waals surface area contributed by atoms with Crippen molar-refractivity contribution in [3.63, 3.8) is 0 Å². The number of carbonyl (C=O) groups is 2. The molecule has 2 rings (SSSR count). The molecule has 7 heteroatoms. The van der Waals surface area contributed by atoms with Crippen LogP contribution in [-0.4, -0.2) is 37.3 Å². The maximum absolute atomic E-state index is 11.8. The second kappa shape index (κ2) is 9.83. The summed E-state index contributed by atoms with van der Waals surface area (Å²) in [5.41, 5.74) is 7.83. The van der Waals surface area contributed by atoms with E-state index in [0.29, 0.717) is 17.8 Å². The summed E-state index contributed by atoms with van der Waals surface area (Å²) in [6.45, 7) is 0.482. The molecule has 0 aliphatic rings. The average molecular weight is 353 g/mol. The van der Waals surface area contributed by atoms with Crippen LogP contribution >= 0.6 is 0 Å². The van der Waals surface area contributed by atoms with E-state index in [2.05, 4.69) is 16.0 Å². The van der Waals surface area contributed by atoms with E-state index in [9.17, 15) is 9.59 Å². The molecular formula is C19H23N5O2. The highest BCUT2D eigenvalue weighted by molar-refractivity contribution is 5.96. The van der Waals surface area contributed by atoms with Crippen molar-refractivity contribution in [2.45, 2.75) is 6.42 Å². The average Bonchev–Trinajstić information content (AvgIpc) is 2.66. The maximum Gasteiger partial charge on any atom is 0.239 e. The van der Waals surface area contributed by atoms with E-state index in [1.54, 1.807) is 24.3 Å². The molecule has 136 valence electrons. The van der Waals surface area contributed by atoms with Crippen LogP contribution in [0.15, 0.2) is 54.6 Å². The number of nitrogen functional groups attached to an aromatic ring is 1. The van der Waals surface area contributed by atoms with E-state index in [4.69, 9.17) is 11.1 Å². The number of anilines is 1. The number of nitrogens with two attached hydrogens (primary N) is 1. The summed E-state index contributed by atoms with van der Waals surface area (Å²) in [6, 6.07) is 16.8. The van der Waals surface area contributed by atoms with E-state index in [1.165, 1.54) is 0 Å². The molecule has 0 saturated heterocycles. The lowest BCUT2D eigenvalue weighted by molar-refractivity contribution is -0.125. The Morgan fingerprint density at radius 3 is 2.38 bits per heavy atom. The number of benzene rings is 2. The molecule has 2 aromatic carbocycles. The Hall–Kier alpha value is -3.35. The van der Waals surface area contributed by atoms with Crippen LogP contribution in [0.5, 0.6) is 0 Å². The number of nitrogens with one attached hydrogen (secondary N) is 4. The van der Waals surface area contributed by atoms with Crippen molar-refractivity contribution in [1.82, 2.24) is 10.6 Å². The molecule has 2 aromatic rings. The van der Waals surface area contributed by atoms with Gasteiger partial charge in [0.1, 0.15) is 5.84 Å². The molecule has 7 nitrogen and oxygen atoms in total. The van der Waals surface area contributed by atoms with E-state index in [0.717, 1.165) is 12.0 Å². The van der Waals surface area contributed by atoms with Crippen LogP contribution in [0.3, 0.4) is 0 Å². The van der Waals surface area contributed by atoms with Crippen LogP contribution in [0.25, 0.3) is 0 Å². The minimum absolute atomic E-state index is 0.0264. The molecular weight excluding hydrogens is 330 g/mol. The molecule has 0 atom stereocenters. The van der Waals surface area contributed by atoms with Crippen molar-refractivity contribution >= 4 is 23.3 Å². The van der Waals surface area contributed by atoms with Gasteiger partial charge in [-0.1, -0.05) is 42.5 Å². The fraction of sp³-hybridized carbons (Fsp3) is 0.211. The first-order valence-corrected chi connectivity index (χ1v) is 8.30. The first-order chi connectivity index (χ1) is 12.5. The quantitative estimate of drug-likeness (QED) is 0.339. The van der Waals surface area contributed by atoms with Crippen LogP contribution in [0.1, 0.15) is 11.1 Å². The largest absolute Gasteiger partial charge is 0.384 e. The predicted molar refractivity (Wildman–Crippen MR) is 102 cm³/mol. The Bertz CT molecular complexity index is 762. The highest BCUT2D eigenvalue weighted by Gasteiger charge is 2.06. The molecule has 26 heavy (non-hydrogen) atoms. The van der Waals surface area contributed by atoms with Crippen molar-refractivity contribution in [2.24, 2.45) is 5.73 Å². The highest BCUT2D eigenvalue weighted by Crippen LogP contribution is 2.09. The standard InChI is InChI=1S/C19H23N5O2/c20-19(21)15-7-4-8-16(11-15)23-12-18(26)24-13-17(25)22-10-9-14-5-2-1-3-6-14/h1-8,11,23H,9-10,12-13H2,(H3,20,21)(H,22,25)(H,24,26). The molecule has 0 spiro atoms. The Morgan fingerprint density at radius 2 is 1.65 bits per heavy atom. The Balaban J connectivity index is 1.64. The van der Waals surface area contributed by atoms with Crippen molar-refractivity contribution in [2.75, 3.05) is 25.0 Å². The normalized spacial score (nSPS) is 10.0. The molecule has 6 N–H and O–H groups in total. The number of hydrogen-bond acceptors (Lipinski definition) is 4. The van der Waals surface area contributed by atoms with Crippen LogP contribution in [0.4, 0.5) is 5.69 Å². The number of amidine groups is 1. The van der Waals surface area contributed by atoms with Crippen LogP contribution in [0.2, 0.25) is 0 Å². The van der Waals surface area contributed by atoms with Gasteiger partial charge in [-0.25, -0.2) is 0 Å². The van der Waals surface area contributed by atoms with E-state index < -0.39 is 0 Å². The van der Waals surface area contributed by atoms with E-state index in [-0.39, 0.29) is 30.7 Å². The predicted octanol–water partition coefficient (Wildman–Crippen LogP) is 0.858. The molecule has 0 aromatic heterocycles. The Labute approximate surface area is 152 Å². The van der Waals surface area contributed by atoms with E-state index >= 15 is 0 Å². The van der Waals surface area contributed by atoms with Gasteiger partial charge in [0.15, 0.2) is 0 Å². The number of rotatable bonds is 9. The number of hydrogen-bond donors (Lipinski definition) is 5. The van der Waals surface area contributed by atoms with Crippen molar-refractivity contribution in [3.8, 4) is 0 Å². The highest BCUT2D eigenvalue weighted by atomic mass is 16.2. The lowest BCUT2D eigenvalue weighted by atomic mass is 10.1. The molecule has 0 aliphatic heterocycles. The van der Waals surface area contributed by atoms with Gasteiger partial charge in [-0.15, -0.1) is 0 Å². The molecule has 0 heterocycles. The summed E-state index contributed by atoms with van der Waals surface area (Å²) in [4.78, 5) is 23.6. The zero-order valence-corrected chi connectivity index (χ0v) is 14.4. The smallest absolute Gasteiger partial charge is 0.239 e. The molecule has 0 radical (unpaired) electrons. The Morgan fingerprint density at radius 1 is 0.923 bits per heavy atom. The monoisotopic (exact) mass is 353 g/mol. The van der Waals surface area contributed by atoms with Crippen molar-refractivity contribution in [1.29, 1.82) is 5.41 Å². The summed E-state index contributed by atoms with van der Waals surface area (Å²) in [6.07, 6.45) is 0.745. The zero-order chi connectivity index (χ0) is 18.8. The second-order valence-corrected chi connectivity index (χ2v) is 5.71. The second-order valence-electron chi connectivity index (χ2n) is 5.71. The van der Waals surface area contributed by atoms with E-state index in [1.807, 2.05) is 30.3 Å². The van der Waals surface area contributed by atoms with Crippen LogP contribution in [0, 0.1) is 5.41 Å². The van der Waals surface area contributed by atoms with Crippen molar-refractivity contribution < 1.29 is 9.59 Å². The lowest BCUT2D eigenvalue weighted by Crippen LogP contribution is -2.39. The fourth-order valence-electron chi connectivity index (χ4n) is 2.27. The third-order valence-corrected chi connectivity index (χ3v) is 3.65. The lowest BCUT2D eigenvalue weighted by Gasteiger charge is -2.09. The summed E-state index contributed by atoms with van der Waals surface area (Å²) < 4.78 is 0. The molecule has 0 bridgehead atoms. The zero-order valence-electron chi connectivity index (χ0n) is 14.4. The first-order valence-electron chi connectivity index (χ1n) is 8.30. The Kier molecular flexibility index (Phi) is 7.17. The summed E-state index contributed by atoms with van der Waals surface area (Å²) >= 11 is 0. The molecule has 0 saturated carbocycles. The van der Waals surface area contributed by atoms with Gasteiger partial charge in [-0.05, 0) is 24.1 Å². The molecule has 0 aliphatic carbocycles. The number of amides is 2. The van der Waals surface area contributed by atoms with Gasteiger partial charge in [-0.3, -0.25) is 15.0 Å². The minimum Gasteiger partial charge on any atom is -0.384 e. The third kappa shape index (κ3) is 6.64. The minimum atomic E-state index is -0.295.